The van der Waals surface area contributed by atoms with Crippen LogP contribution in [0.5, 0.6) is 0 Å². The number of hydrogen-bond acceptors (Lipinski definition) is 2. The molecule has 0 saturated carbocycles. The molecular weight excluding hydrogens is 406 g/mol. The first-order valence-electron chi connectivity index (χ1n) is 12.5. The Bertz CT molecular complexity index is 1010. The summed E-state index contributed by atoms with van der Waals surface area (Å²) in [6, 6.07) is 7.47. The minimum absolute atomic E-state index is 0. The lowest BCUT2D eigenvalue weighted by Gasteiger charge is -2.36. The molecule has 3 aliphatic carbocycles. The van der Waals surface area contributed by atoms with Crippen molar-refractivity contribution < 1.29 is 10.2 Å². The summed E-state index contributed by atoms with van der Waals surface area (Å²) in [7, 11) is 0. The second-order valence-corrected chi connectivity index (χ2v) is 10.1. The molecule has 1 saturated heterocycles. The van der Waals surface area contributed by atoms with Gasteiger partial charge in [-0.25, -0.2) is 0 Å². The first-order valence-corrected chi connectivity index (χ1v) is 12.5. The van der Waals surface area contributed by atoms with E-state index in [9.17, 15) is 0 Å². The molecule has 1 fully saturated rings. The summed E-state index contributed by atoms with van der Waals surface area (Å²) in [5.74, 6) is 1.23. The van der Waals surface area contributed by atoms with Crippen LogP contribution in [0.1, 0.15) is 69.4 Å². The maximum atomic E-state index is 5.84. The van der Waals surface area contributed by atoms with E-state index in [0.29, 0.717) is 24.0 Å². The monoisotopic (exact) mass is 445 g/mol. The number of hydrogen-bond donors (Lipinski definition) is 0. The molecule has 0 spiro atoms. The largest absolute Gasteiger partial charge is 0.412 e. The molecule has 2 N–H and O–H groups in total. The number of benzene rings is 1. The van der Waals surface area contributed by atoms with Crippen molar-refractivity contribution in [1.82, 2.24) is 0 Å². The van der Waals surface area contributed by atoms with Crippen molar-refractivity contribution in [2.75, 3.05) is 11.5 Å². The predicted octanol–water partition coefficient (Wildman–Crippen LogP) is 6.71. The molecule has 0 bridgehead atoms. The SMILES string of the molecule is CC1=CC=C2[C@H](C1)c1cc(C)ccc1N2[C@H]1C=C[C@H]2OCCC2C1.CC1=CCCCC=C1.O. The normalized spacial score (nSPS) is 29.3. The lowest BCUT2D eigenvalue weighted by Crippen LogP contribution is -2.37. The van der Waals surface area contributed by atoms with Crippen molar-refractivity contribution in [3.8, 4) is 0 Å². The van der Waals surface area contributed by atoms with E-state index in [1.807, 2.05) is 0 Å². The smallest absolute Gasteiger partial charge is 0.0786 e. The molecule has 176 valence electrons. The van der Waals surface area contributed by atoms with Crippen LogP contribution in [0.3, 0.4) is 0 Å². The topological polar surface area (TPSA) is 44.0 Å². The van der Waals surface area contributed by atoms with Gasteiger partial charge in [-0.2, -0.15) is 0 Å². The standard InChI is InChI=1S/C22H25NO.C8H12.H2O/c1-14-3-6-20-18(11-14)19-12-15(2)4-7-21(19)23(20)17-5-8-22-16(13-17)9-10-24-22;1-8-6-4-2-3-5-7-8;/h3-8,11,16-17,19,22H,9-10,12-13H2,1-2H3;4,6-7H,2-3,5H2,1H3;1H2/t16?,17-,19+,22+;;/m0../s1. The maximum Gasteiger partial charge on any atom is 0.0786 e. The third-order valence-corrected chi connectivity index (χ3v) is 7.60. The molecule has 2 aliphatic heterocycles. The van der Waals surface area contributed by atoms with Gasteiger partial charge >= 0.3 is 0 Å². The van der Waals surface area contributed by atoms with Gasteiger partial charge in [0.25, 0.3) is 0 Å². The predicted molar refractivity (Wildman–Crippen MR) is 139 cm³/mol. The van der Waals surface area contributed by atoms with Crippen molar-refractivity contribution in [2.24, 2.45) is 5.92 Å². The van der Waals surface area contributed by atoms with Crippen LogP contribution in [-0.2, 0) is 4.74 Å². The van der Waals surface area contributed by atoms with Crippen molar-refractivity contribution in [3.63, 3.8) is 0 Å². The molecule has 0 aromatic heterocycles. The van der Waals surface area contributed by atoms with Gasteiger partial charge in [0.2, 0.25) is 0 Å². The average Bonchev–Trinajstić information content (AvgIpc) is 3.29. The van der Waals surface area contributed by atoms with Crippen molar-refractivity contribution >= 4 is 5.69 Å². The van der Waals surface area contributed by atoms with Crippen LogP contribution in [0, 0.1) is 12.8 Å². The summed E-state index contributed by atoms with van der Waals surface area (Å²) in [6.45, 7) is 7.54. The van der Waals surface area contributed by atoms with E-state index in [0.717, 1.165) is 13.0 Å². The minimum Gasteiger partial charge on any atom is -0.412 e. The van der Waals surface area contributed by atoms with Crippen LogP contribution in [0.4, 0.5) is 5.69 Å². The molecule has 33 heavy (non-hydrogen) atoms. The van der Waals surface area contributed by atoms with Gasteiger partial charge in [0, 0.05) is 23.9 Å². The van der Waals surface area contributed by atoms with Gasteiger partial charge in [0.1, 0.15) is 0 Å². The summed E-state index contributed by atoms with van der Waals surface area (Å²) < 4.78 is 5.84. The fourth-order valence-corrected chi connectivity index (χ4v) is 5.88. The van der Waals surface area contributed by atoms with E-state index in [4.69, 9.17) is 4.74 Å². The Balaban J connectivity index is 0.000000247. The Labute approximate surface area is 199 Å². The number of anilines is 1. The van der Waals surface area contributed by atoms with E-state index in [2.05, 4.69) is 86.4 Å². The van der Waals surface area contributed by atoms with Gasteiger partial charge in [0.15, 0.2) is 0 Å². The second-order valence-electron chi connectivity index (χ2n) is 10.1. The first-order chi connectivity index (χ1) is 15.6. The average molecular weight is 446 g/mol. The van der Waals surface area contributed by atoms with Crippen LogP contribution in [0.2, 0.25) is 0 Å². The van der Waals surface area contributed by atoms with Crippen LogP contribution >= 0.6 is 0 Å². The van der Waals surface area contributed by atoms with E-state index in [1.54, 1.807) is 0 Å². The number of ether oxygens (including phenoxy) is 1. The quantitative estimate of drug-likeness (QED) is 0.451. The Hall–Kier alpha value is -2.36. The summed E-state index contributed by atoms with van der Waals surface area (Å²) in [5.41, 5.74) is 8.71. The Morgan fingerprint density at radius 3 is 2.79 bits per heavy atom. The first kappa shape index (κ1) is 23.8. The maximum absolute atomic E-state index is 5.84. The van der Waals surface area contributed by atoms with Crippen LogP contribution in [0.15, 0.2) is 77.6 Å². The Kier molecular flexibility index (Phi) is 7.41. The van der Waals surface area contributed by atoms with Gasteiger partial charge in [-0.3, -0.25) is 0 Å². The molecule has 3 nitrogen and oxygen atoms in total. The van der Waals surface area contributed by atoms with Crippen LogP contribution in [0.25, 0.3) is 0 Å². The van der Waals surface area contributed by atoms with E-state index >= 15 is 0 Å². The molecule has 0 radical (unpaired) electrons. The van der Waals surface area contributed by atoms with Crippen LogP contribution < -0.4 is 4.90 Å². The third kappa shape index (κ3) is 4.95. The van der Waals surface area contributed by atoms with Crippen molar-refractivity contribution in [1.29, 1.82) is 0 Å². The zero-order chi connectivity index (χ0) is 22.1. The highest BCUT2D eigenvalue weighted by Gasteiger charge is 2.41. The lowest BCUT2D eigenvalue weighted by molar-refractivity contribution is 0.121. The molecule has 5 aliphatic rings. The molecular formula is C30H39NO2. The molecule has 4 atom stereocenters. The molecule has 2 heterocycles. The van der Waals surface area contributed by atoms with Gasteiger partial charge < -0.3 is 15.1 Å². The third-order valence-electron chi connectivity index (χ3n) is 7.60. The van der Waals surface area contributed by atoms with E-state index in [-0.39, 0.29) is 5.48 Å². The highest BCUT2D eigenvalue weighted by Crippen LogP contribution is 2.51. The van der Waals surface area contributed by atoms with E-state index in [1.165, 1.54) is 65.8 Å². The van der Waals surface area contributed by atoms with Gasteiger partial charge in [-0.05, 0) is 82.9 Å². The molecule has 6 rings (SSSR count). The van der Waals surface area contributed by atoms with Gasteiger partial charge in [-0.1, -0.05) is 65.3 Å². The number of rotatable bonds is 1. The number of allylic oxidation sites excluding steroid dienone is 8. The lowest BCUT2D eigenvalue weighted by atomic mass is 9.86. The summed E-state index contributed by atoms with van der Waals surface area (Å²) in [4.78, 5) is 2.62. The number of aryl methyl sites for hydroxylation is 1. The second kappa shape index (κ2) is 10.3. The highest BCUT2D eigenvalue weighted by molar-refractivity contribution is 5.71. The zero-order valence-corrected chi connectivity index (χ0v) is 20.4. The molecule has 3 heteroatoms. The highest BCUT2D eigenvalue weighted by atomic mass is 16.5. The van der Waals surface area contributed by atoms with Crippen molar-refractivity contribution in [2.45, 2.75) is 77.4 Å². The molecule has 1 aromatic carbocycles. The molecule has 1 aromatic rings. The number of fused-ring (bicyclic) bond motifs is 4. The fraction of sp³-hybridized carbons (Fsp3) is 0.467. The van der Waals surface area contributed by atoms with E-state index < -0.39 is 0 Å². The van der Waals surface area contributed by atoms with Crippen molar-refractivity contribution in [3.05, 3.63) is 88.7 Å². The summed E-state index contributed by atoms with van der Waals surface area (Å²) >= 11 is 0. The molecule has 1 unspecified atom stereocenters. The molecule has 0 amide bonds. The number of nitrogens with zero attached hydrogens (tertiary/aromatic N) is 1. The Morgan fingerprint density at radius 2 is 1.91 bits per heavy atom. The van der Waals surface area contributed by atoms with Gasteiger partial charge in [0.05, 0.1) is 12.1 Å². The fourth-order valence-electron chi connectivity index (χ4n) is 5.88. The van der Waals surface area contributed by atoms with Crippen LogP contribution in [-0.4, -0.2) is 24.2 Å². The Morgan fingerprint density at radius 1 is 1.03 bits per heavy atom. The minimum atomic E-state index is 0. The zero-order valence-electron chi connectivity index (χ0n) is 20.4. The van der Waals surface area contributed by atoms with Gasteiger partial charge in [-0.15, -0.1) is 0 Å². The summed E-state index contributed by atoms with van der Waals surface area (Å²) in [6.07, 6.45) is 23.9. The summed E-state index contributed by atoms with van der Waals surface area (Å²) in [5, 5.41) is 0.